The topological polar surface area (TPSA) is 47.0 Å². The van der Waals surface area contributed by atoms with Crippen molar-refractivity contribution in [1.82, 2.24) is 15.3 Å². The molecule has 0 aromatic carbocycles. The Morgan fingerprint density at radius 3 is 3.10 bits per heavy atom. The molecule has 0 saturated carbocycles. The smallest absolute Gasteiger partial charge is 0.160 e. The molecule has 2 atom stereocenters. The molecule has 0 amide bonds. The van der Waals surface area contributed by atoms with E-state index in [1.165, 1.54) is 24.1 Å². The summed E-state index contributed by atoms with van der Waals surface area (Å²) in [6, 6.07) is 0. The maximum absolute atomic E-state index is 5.98. The van der Waals surface area contributed by atoms with Crippen molar-refractivity contribution in [2.75, 3.05) is 19.7 Å². The maximum Gasteiger partial charge on any atom is 0.160 e. The Labute approximate surface area is 127 Å². The number of ether oxygens (including phenoxy) is 1. The molecule has 2 unspecified atom stereocenters. The first kappa shape index (κ1) is 14.9. The maximum atomic E-state index is 5.98. The van der Waals surface area contributed by atoms with Gasteiger partial charge in [-0.2, -0.15) is 0 Å². The lowest BCUT2D eigenvalue weighted by Gasteiger charge is -2.33. The number of aromatic nitrogens is 2. The number of aryl methyl sites for hydroxylation is 1. The molecule has 0 bridgehead atoms. The lowest BCUT2D eigenvalue weighted by atomic mass is 9.86. The average molecular weight is 289 g/mol. The summed E-state index contributed by atoms with van der Waals surface area (Å²) in [5, 5.41) is 3.46. The van der Waals surface area contributed by atoms with Crippen molar-refractivity contribution < 1.29 is 4.74 Å². The molecule has 0 spiro atoms. The summed E-state index contributed by atoms with van der Waals surface area (Å²) in [5.41, 5.74) is 2.32. The summed E-state index contributed by atoms with van der Waals surface area (Å²) in [5.74, 6) is 1.62. The summed E-state index contributed by atoms with van der Waals surface area (Å²) >= 11 is 0. The largest absolute Gasteiger partial charge is 0.367 e. The van der Waals surface area contributed by atoms with Gasteiger partial charge in [0.05, 0.1) is 0 Å². The van der Waals surface area contributed by atoms with Gasteiger partial charge in [-0.15, -0.1) is 0 Å². The number of fused-ring (bicyclic) bond motifs is 1. The third-order valence-corrected chi connectivity index (χ3v) is 4.88. The summed E-state index contributed by atoms with van der Waals surface area (Å²) in [6.07, 6.45) is 8.88. The Bertz CT molecular complexity index is 483. The van der Waals surface area contributed by atoms with E-state index in [0.717, 1.165) is 57.1 Å². The summed E-state index contributed by atoms with van der Waals surface area (Å²) in [4.78, 5) is 9.51. The SMILES string of the molecule is CCNCC1CCc2nc(C3(C)CCCCO3)ncc2C1. The van der Waals surface area contributed by atoms with Crippen LogP contribution >= 0.6 is 0 Å². The summed E-state index contributed by atoms with van der Waals surface area (Å²) in [7, 11) is 0. The highest BCUT2D eigenvalue weighted by Gasteiger charge is 2.34. The molecule has 1 aromatic rings. The average Bonchev–Trinajstić information content (AvgIpc) is 2.53. The van der Waals surface area contributed by atoms with Gasteiger partial charge in [-0.05, 0) is 70.0 Å². The van der Waals surface area contributed by atoms with Gasteiger partial charge in [0.2, 0.25) is 0 Å². The van der Waals surface area contributed by atoms with Gasteiger partial charge < -0.3 is 10.1 Å². The molecule has 21 heavy (non-hydrogen) atoms. The van der Waals surface area contributed by atoms with Gasteiger partial charge in [0, 0.05) is 18.5 Å². The molecule has 1 aromatic heterocycles. The van der Waals surface area contributed by atoms with E-state index in [4.69, 9.17) is 9.72 Å². The fourth-order valence-corrected chi connectivity index (χ4v) is 3.47. The first-order valence-electron chi connectivity index (χ1n) is 8.41. The lowest BCUT2D eigenvalue weighted by Crippen LogP contribution is -2.33. The van der Waals surface area contributed by atoms with E-state index in [1.54, 1.807) is 0 Å². The Hall–Kier alpha value is -1.00. The molecule has 1 aliphatic heterocycles. The minimum atomic E-state index is -0.270. The lowest BCUT2D eigenvalue weighted by molar-refractivity contribution is -0.0762. The van der Waals surface area contributed by atoms with E-state index < -0.39 is 0 Å². The minimum absolute atomic E-state index is 0.270. The van der Waals surface area contributed by atoms with Crippen LogP contribution in [-0.4, -0.2) is 29.7 Å². The van der Waals surface area contributed by atoms with Crippen LogP contribution in [0.3, 0.4) is 0 Å². The molecule has 1 aliphatic carbocycles. The third kappa shape index (κ3) is 3.27. The zero-order valence-corrected chi connectivity index (χ0v) is 13.3. The van der Waals surface area contributed by atoms with Crippen LogP contribution in [0.5, 0.6) is 0 Å². The predicted molar refractivity (Wildman–Crippen MR) is 83.2 cm³/mol. The fraction of sp³-hybridized carbons (Fsp3) is 0.765. The zero-order chi connectivity index (χ0) is 14.7. The van der Waals surface area contributed by atoms with Crippen LogP contribution in [0.15, 0.2) is 6.20 Å². The second-order valence-corrected chi connectivity index (χ2v) is 6.62. The molecule has 2 heterocycles. The van der Waals surface area contributed by atoms with Gasteiger partial charge in [0.25, 0.3) is 0 Å². The molecule has 116 valence electrons. The van der Waals surface area contributed by atoms with Crippen LogP contribution in [0.1, 0.15) is 56.6 Å². The van der Waals surface area contributed by atoms with Crippen molar-refractivity contribution in [1.29, 1.82) is 0 Å². The predicted octanol–water partition coefficient (Wildman–Crippen LogP) is 2.61. The number of hydrogen-bond acceptors (Lipinski definition) is 4. The normalized spacial score (nSPS) is 29.1. The Morgan fingerprint density at radius 2 is 2.33 bits per heavy atom. The quantitative estimate of drug-likeness (QED) is 0.925. The number of nitrogens with zero attached hydrogens (tertiary/aromatic N) is 2. The molecule has 1 fully saturated rings. The minimum Gasteiger partial charge on any atom is -0.367 e. The highest BCUT2D eigenvalue weighted by atomic mass is 16.5. The van der Waals surface area contributed by atoms with E-state index >= 15 is 0 Å². The molecule has 1 N–H and O–H groups in total. The number of rotatable bonds is 4. The molecule has 4 heteroatoms. The monoisotopic (exact) mass is 289 g/mol. The molecular weight excluding hydrogens is 262 g/mol. The first-order chi connectivity index (χ1) is 10.2. The fourth-order valence-electron chi connectivity index (χ4n) is 3.47. The second kappa shape index (κ2) is 6.41. The first-order valence-corrected chi connectivity index (χ1v) is 8.41. The van der Waals surface area contributed by atoms with Gasteiger partial charge in [-0.1, -0.05) is 6.92 Å². The highest BCUT2D eigenvalue weighted by molar-refractivity contribution is 5.23. The van der Waals surface area contributed by atoms with Crippen molar-refractivity contribution in [2.24, 2.45) is 5.92 Å². The molecule has 1 saturated heterocycles. The Kier molecular flexibility index (Phi) is 4.55. The van der Waals surface area contributed by atoms with Crippen molar-refractivity contribution in [3.8, 4) is 0 Å². The van der Waals surface area contributed by atoms with Gasteiger partial charge in [0.15, 0.2) is 5.82 Å². The molecule has 0 radical (unpaired) electrons. The molecular formula is C17H27N3O. The van der Waals surface area contributed by atoms with E-state index in [2.05, 4.69) is 30.3 Å². The van der Waals surface area contributed by atoms with Crippen molar-refractivity contribution in [2.45, 2.75) is 58.0 Å². The van der Waals surface area contributed by atoms with Crippen molar-refractivity contribution >= 4 is 0 Å². The van der Waals surface area contributed by atoms with Crippen LogP contribution < -0.4 is 5.32 Å². The van der Waals surface area contributed by atoms with Crippen LogP contribution in [-0.2, 0) is 23.2 Å². The second-order valence-electron chi connectivity index (χ2n) is 6.62. The molecule has 2 aliphatic rings. The summed E-state index contributed by atoms with van der Waals surface area (Å²) < 4.78 is 5.98. The number of nitrogens with one attached hydrogen (secondary N) is 1. The zero-order valence-electron chi connectivity index (χ0n) is 13.3. The highest BCUT2D eigenvalue weighted by Crippen LogP contribution is 2.33. The van der Waals surface area contributed by atoms with Gasteiger partial charge in [0.1, 0.15) is 5.60 Å². The Morgan fingerprint density at radius 1 is 1.43 bits per heavy atom. The number of hydrogen-bond donors (Lipinski definition) is 1. The van der Waals surface area contributed by atoms with E-state index in [9.17, 15) is 0 Å². The van der Waals surface area contributed by atoms with Crippen LogP contribution in [0.4, 0.5) is 0 Å². The van der Waals surface area contributed by atoms with E-state index in [1.807, 2.05) is 0 Å². The van der Waals surface area contributed by atoms with Crippen molar-refractivity contribution in [3.63, 3.8) is 0 Å². The van der Waals surface area contributed by atoms with Gasteiger partial charge in [-0.3, -0.25) is 0 Å². The van der Waals surface area contributed by atoms with Gasteiger partial charge in [-0.25, -0.2) is 9.97 Å². The summed E-state index contributed by atoms with van der Waals surface area (Å²) in [6.45, 7) is 7.30. The van der Waals surface area contributed by atoms with Crippen LogP contribution in [0.25, 0.3) is 0 Å². The van der Waals surface area contributed by atoms with Crippen molar-refractivity contribution in [3.05, 3.63) is 23.3 Å². The van der Waals surface area contributed by atoms with E-state index in [0.29, 0.717) is 0 Å². The van der Waals surface area contributed by atoms with Gasteiger partial charge >= 0.3 is 0 Å². The third-order valence-electron chi connectivity index (χ3n) is 4.88. The van der Waals surface area contributed by atoms with Crippen LogP contribution in [0, 0.1) is 5.92 Å². The molecule has 4 nitrogen and oxygen atoms in total. The standard InChI is InChI=1S/C17H27N3O/c1-3-18-11-13-6-7-15-14(10-13)12-19-16(20-15)17(2)8-4-5-9-21-17/h12-13,18H,3-11H2,1-2H3. The Balaban J connectivity index is 1.74. The van der Waals surface area contributed by atoms with Crippen LogP contribution in [0.2, 0.25) is 0 Å². The molecule has 3 rings (SSSR count). The van der Waals surface area contributed by atoms with E-state index in [-0.39, 0.29) is 5.60 Å².